The van der Waals surface area contributed by atoms with Crippen LogP contribution < -0.4 is 5.32 Å². The molecule has 0 spiro atoms. The summed E-state index contributed by atoms with van der Waals surface area (Å²) in [4.78, 5) is 10.9. The number of nitrogens with one attached hydrogen (secondary N) is 1. The molecule has 1 fully saturated rings. The van der Waals surface area contributed by atoms with Gasteiger partial charge in [-0.05, 0) is 25.7 Å². The molecule has 1 N–H and O–H groups in total. The Hall–Kier alpha value is -0.790. The average Bonchev–Trinajstić information content (AvgIpc) is 2.13. The van der Waals surface area contributed by atoms with Crippen LogP contribution in [0.5, 0.6) is 0 Å². The minimum Gasteiger partial charge on any atom is -0.356 e. The van der Waals surface area contributed by atoms with Crippen LogP contribution in [0, 0.1) is 5.92 Å². The van der Waals surface area contributed by atoms with Crippen molar-refractivity contribution in [1.29, 1.82) is 0 Å². The number of amides is 1. The van der Waals surface area contributed by atoms with Gasteiger partial charge >= 0.3 is 0 Å². The molecule has 1 amide bonds. The number of hydrogen-bond donors (Lipinski definition) is 1. The van der Waals surface area contributed by atoms with Gasteiger partial charge in [-0.1, -0.05) is 12.2 Å². The highest BCUT2D eigenvalue weighted by molar-refractivity contribution is 5.76. The number of carbonyl (C=O) groups is 1. The Labute approximate surface area is 67.7 Å². The second-order valence-corrected chi connectivity index (χ2v) is 3.24. The molecule has 2 nitrogen and oxygen atoms in total. The first-order valence-corrected chi connectivity index (χ1v) is 4.12. The largest absolute Gasteiger partial charge is 0.356 e. The van der Waals surface area contributed by atoms with Crippen LogP contribution in [0.15, 0.2) is 12.2 Å². The van der Waals surface area contributed by atoms with Gasteiger partial charge in [0.2, 0.25) is 5.91 Å². The summed E-state index contributed by atoms with van der Waals surface area (Å²) in [6.45, 7) is 6.71. The summed E-state index contributed by atoms with van der Waals surface area (Å²) in [5.74, 6) is 0.690. The molecule has 0 unspecified atom stereocenters. The van der Waals surface area contributed by atoms with Gasteiger partial charge in [0.15, 0.2) is 0 Å². The maximum absolute atomic E-state index is 10.9. The van der Waals surface area contributed by atoms with E-state index in [4.69, 9.17) is 0 Å². The zero-order valence-corrected chi connectivity index (χ0v) is 7.02. The molecule has 1 aliphatic rings. The van der Waals surface area contributed by atoms with Crippen molar-refractivity contribution >= 4 is 5.91 Å². The molecule has 1 aliphatic heterocycles. The zero-order valence-electron chi connectivity index (χ0n) is 7.02. The maximum atomic E-state index is 10.9. The fourth-order valence-corrected chi connectivity index (χ4v) is 1.36. The Bertz CT molecular complexity index is 174. The molecule has 0 radical (unpaired) electrons. The smallest absolute Gasteiger partial charge is 0.220 e. The van der Waals surface area contributed by atoms with Gasteiger partial charge in [-0.3, -0.25) is 4.79 Å². The van der Waals surface area contributed by atoms with Crippen molar-refractivity contribution < 1.29 is 4.79 Å². The minimum absolute atomic E-state index is 0.189. The monoisotopic (exact) mass is 153 g/mol. The van der Waals surface area contributed by atoms with Gasteiger partial charge in [0.1, 0.15) is 0 Å². The molecule has 0 bridgehead atoms. The molecule has 2 heteroatoms. The highest BCUT2D eigenvalue weighted by Gasteiger charge is 2.15. The second kappa shape index (κ2) is 3.56. The van der Waals surface area contributed by atoms with Gasteiger partial charge < -0.3 is 5.32 Å². The number of carbonyl (C=O) groups excluding carboxylic acids is 1. The van der Waals surface area contributed by atoms with Gasteiger partial charge in [0.05, 0.1) is 0 Å². The Morgan fingerprint density at radius 1 is 1.73 bits per heavy atom. The zero-order chi connectivity index (χ0) is 8.27. The van der Waals surface area contributed by atoms with Crippen LogP contribution in [-0.4, -0.2) is 12.5 Å². The summed E-state index contributed by atoms with van der Waals surface area (Å²) >= 11 is 0. The van der Waals surface area contributed by atoms with Gasteiger partial charge in [-0.15, -0.1) is 0 Å². The minimum atomic E-state index is 0.189. The Morgan fingerprint density at radius 3 is 3.09 bits per heavy atom. The van der Waals surface area contributed by atoms with Crippen LogP contribution in [0.4, 0.5) is 0 Å². The van der Waals surface area contributed by atoms with Gasteiger partial charge in [0, 0.05) is 13.0 Å². The molecule has 1 atom stereocenters. The van der Waals surface area contributed by atoms with E-state index in [1.807, 2.05) is 6.92 Å². The van der Waals surface area contributed by atoms with Gasteiger partial charge in [-0.25, -0.2) is 0 Å². The van der Waals surface area contributed by atoms with Crippen LogP contribution in [0.3, 0.4) is 0 Å². The third-order valence-electron chi connectivity index (χ3n) is 2.20. The van der Waals surface area contributed by atoms with E-state index in [9.17, 15) is 4.79 Å². The highest BCUT2D eigenvalue weighted by atomic mass is 16.1. The van der Waals surface area contributed by atoms with Crippen LogP contribution in [0.25, 0.3) is 0 Å². The van der Waals surface area contributed by atoms with Crippen molar-refractivity contribution in [2.24, 2.45) is 5.92 Å². The predicted octanol–water partition coefficient (Wildman–Crippen LogP) is 1.48. The van der Waals surface area contributed by atoms with E-state index in [2.05, 4.69) is 11.9 Å². The Morgan fingerprint density at radius 2 is 2.45 bits per heavy atom. The standard InChI is InChI=1S/C9H15NO/c1-7(2)8-4-3-5-9(11)10-6-8/h8H,1,3-6H2,2H3,(H,10,11)/t8-/m0/s1. The van der Waals surface area contributed by atoms with Crippen LogP contribution in [0.2, 0.25) is 0 Å². The van der Waals surface area contributed by atoms with Crippen LogP contribution >= 0.6 is 0 Å². The fraction of sp³-hybridized carbons (Fsp3) is 0.667. The first kappa shape index (κ1) is 8.31. The molecule has 0 aliphatic carbocycles. The molecule has 1 saturated heterocycles. The fourth-order valence-electron chi connectivity index (χ4n) is 1.36. The maximum Gasteiger partial charge on any atom is 0.220 e. The number of hydrogen-bond acceptors (Lipinski definition) is 1. The molecule has 1 rings (SSSR count). The summed E-state index contributed by atoms with van der Waals surface area (Å²) in [5, 5.41) is 2.88. The SMILES string of the molecule is C=C(C)[C@H]1CCCC(=O)NC1. The quantitative estimate of drug-likeness (QED) is 0.568. The predicted molar refractivity (Wildman–Crippen MR) is 45.2 cm³/mol. The Kier molecular flexibility index (Phi) is 2.69. The van der Waals surface area contributed by atoms with Gasteiger partial charge in [-0.2, -0.15) is 0 Å². The van der Waals surface area contributed by atoms with Gasteiger partial charge in [0.25, 0.3) is 0 Å². The van der Waals surface area contributed by atoms with E-state index in [1.165, 1.54) is 5.57 Å². The summed E-state index contributed by atoms with van der Waals surface area (Å²) in [6.07, 6.45) is 2.79. The lowest BCUT2D eigenvalue weighted by molar-refractivity contribution is -0.120. The van der Waals surface area contributed by atoms with Crippen molar-refractivity contribution in [1.82, 2.24) is 5.32 Å². The van der Waals surface area contributed by atoms with E-state index in [-0.39, 0.29) is 5.91 Å². The highest BCUT2D eigenvalue weighted by Crippen LogP contribution is 2.17. The molecule has 1 heterocycles. The summed E-state index contributed by atoms with van der Waals surface area (Å²) in [6, 6.07) is 0. The lowest BCUT2D eigenvalue weighted by Gasteiger charge is -2.12. The van der Waals surface area contributed by atoms with Crippen molar-refractivity contribution in [3.8, 4) is 0 Å². The molecule has 0 aromatic carbocycles. The number of rotatable bonds is 1. The normalized spacial score (nSPS) is 25.5. The molecular weight excluding hydrogens is 138 g/mol. The van der Waals surface area contributed by atoms with E-state index in [1.54, 1.807) is 0 Å². The molecule has 62 valence electrons. The summed E-state index contributed by atoms with van der Waals surface area (Å²) in [7, 11) is 0. The van der Waals surface area contributed by atoms with E-state index in [0.29, 0.717) is 12.3 Å². The lowest BCUT2D eigenvalue weighted by atomic mass is 9.97. The van der Waals surface area contributed by atoms with Crippen LogP contribution in [0.1, 0.15) is 26.2 Å². The molecule has 0 aromatic rings. The molecule has 0 saturated carbocycles. The van der Waals surface area contributed by atoms with Crippen molar-refractivity contribution in [2.75, 3.05) is 6.54 Å². The third kappa shape index (κ3) is 2.37. The first-order chi connectivity index (χ1) is 5.20. The van der Waals surface area contributed by atoms with Crippen LogP contribution in [-0.2, 0) is 4.79 Å². The average molecular weight is 153 g/mol. The van der Waals surface area contributed by atoms with E-state index in [0.717, 1.165) is 19.4 Å². The van der Waals surface area contributed by atoms with Crippen molar-refractivity contribution in [3.63, 3.8) is 0 Å². The molecular formula is C9H15NO. The third-order valence-corrected chi connectivity index (χ3v) is 2.20. The summed E-state index contributed by atoms with van der Waals surface area (Å²) < 4.78 is 0. The second-order valence-electron chi connectivity index (χ2n) is 3.24. The van der Waals surface area contributed by atoms with Crippen molar-refractivity contribution in [2.45, 2.75) is 26.2 Å². The van der Waals surface area contributed by atoms with E-state index < -0.39 is 0 Å². The molecule has 0 aromatic heterocycles. The topological polar surface area (TPSA) is 29.1 Å². The van der Waals surface area contributed by atoms with E-state index >= 15 is 0 Å². The summed E-state index contributed by atoms with van der Waals surface area (Å²) in [5.41, 5.74) is 1.19. The molecule has 11 heavy (non-hydrogen) atoms. The lowest BCUT2D eigenvalue weighted by Crippen LogP contribution is -2.25. The first-order valence-electron chi connectivity index (χ1n) is 4.12. The van der Waals surface area contributed by atoms with Crippen molar-refractivity contribution in [3.05, 3.63) is 12.2 Å². The Balaban J connectivity index is 2.46.